The third-order valence-corrected chi connectivity index (χ3v) is 24.2. The van der Waals surface area contributed by atoms with Crippen LogP contribution in [-0.4, -0.2) is 190 Å². The van der Waals surface area contributed by atoms with Crippen LogP contribution in [0.25, 0.3) is 22.7 Å². The SMILES string of the molecule is Cc1ccc(C)c(Cc2nc(CN3CCOCC3C)nn2-c2ccc(S(N)(=O)=O)cc2F)c1.Cc1ccc(C)c(Cc2nc(COC(=O)C(N)C(C)C)nn2-c2ccc(S(N)(=O)=O)cc2F)c1.Cc1cccc(Cc2nc(CN(C)CC(=O)O)nn2-c2ccc(S(N)(=O)=O)cc2F)c1.Cc1cccc(Cc2nc(CN(C)CCC(F)(F)F)nn2-c2ccc(S(N)(=O)=O)cc2F)c1. The number of ether oxygens (including phenoxy) is 2. The number of sulfonamides is 4. The number of aliphatic carboxylic acids is 1. The molecule has 0 saturated carbocycles. The maximum Gasteiger partial charge on any atom is 0.390 e. The molecule has 11 N–H and O–H groups in total. The van der Waals surface area contributed by atoms with Crippen LogP contribution in [0.4, 0.5) is 30.7 Å². The lowest BCUT2D eigenvalue weighted by Crippen LogP contribution is -2.43. The maximum atomic E-state index is 15.0. The fourth-order valence-corrected chi connectivity index (χ4v) is 15.7. The number of likely N-dealkylation sites (N-methyl/N-ethyl adjacent to an activating group) is 1. The summed E-state index contributed by atoms with van der Waals surface area (Å²) in [6.45, 7) is 19.5. The molecule has 700 valence electrons. The summed E-state index contributed by atoms with van der Waals surface area (Å²) >= 11 is 0. The standard InChI is InChI=1S/C23H28FN5O4S.C23H28FN5O3S.C21H23F4N5O2S.C20H22FN5O4S/c1-13(2)22(25)23(30)33-12-20-27-21(10-16-9-14(3)5-6-15(16)4)29(28-20)19-8-7-17(11-18(19)24)34(26,31)32;1-15-4-5-16(2)18(10-15)11-23-26-22(13-28-8-9-32-14-17(28)3)27-29(23)21-7-6-19(12-20(21)24)33(25,30)31;1-14-4-3-5-15(10-14)11-20-27-19(13-29(2)9-8-21(23,24)25)28-30(20)18-7-6-16(12-17(18)22)33(26,31)32;1-13-4-3-5-14(8-13)9-19-23-18(11-25(2)12-20(27)28)24-26(19)17-7-6-15(10-16(17)21)31(22,29)30/h5-9,11,13,22H,10,12,25H2,1-4H3,(H2,26,31,32);4-7,10,12,17H,8-9,11,13-14H2,1-3H3,(H2,25,30,31);3-7,10,12H,8-9,11,13H2,1-2H3,(H2,26,31,32);3-8,10H,9,11-12H2,1-2H3,(H,27,28)(H2,22,29,30). The number of halogens is 7. The van der Waals surface area contributed by atoms with Crippen molar-refractivity contribution in [2.45, 2.75) is 159 Å². The fourth-order valence-electron chi connectivity index (χ4n) is 13.6. The van der Waals surface area contributed by atoms with Gasteiger partial charge >= 0.3 is 18.1 Å². The third-order valence-electron chi connectivity index (χ3n) is 20.6. The highest BCUT2D eigenvalue weighted by molar-refractivity contribution is 7.90. The van der Waals surface area contributed by atoms with E-state index in [0.717, 1.165) is 92.5 Å². The van der Waals surface area contributed by atoms with Gasteiger partial charge in [0.1, 0.15) is 75.4 Å². The van der Waals surface area contributed by atoms with Gasteiger partial charge in [-0.3, -0.25) is 24.3 Å². The van der Waals surface area contributed by atoms with Crippen molar-refractivity contribution in [2.75, 3.05) is 46.9 Å². The Morgan fingerprint density at radius 2 is 0.863 bits per heavy atom. The van der Waals surface area contributed by atoms with Gasteiger partial charge in [0.15, 0.2) is 29.9 Å². The van der Waals surface area contributed by atoms with Crippen molar-refractivity contribution >= 4 is 52.0 Å². The van der Waals surface area contributed by atoms with Gasteiger partial charge in [-0.2, -0.15) is 13.2 Å². The van der Waals surface area contributed by atoms with E-state index in [2.05, 4.69) is 53.2 Å². The molecule has 1 aliphatic rings. The second-order valence-electron chi connectivity index (χ2n) is 32.0. The number of hydrogen-bond acceptors (Lipinski definition) is 24. The molecule has 44 heteroatoms. The molecule has 1 fully saturated rings. The minimum Gasteiger partial charge on any atom is -0.480 e. The summed E-state index contributed by atoms with van der Waals surface area (Å²) in [5.74, 6) is -2.02. The lowest BCUT2D eigenvalue weighted by molar-refractivity contribution is -0.148. The average Bonchev–Trinajstić information content (AvgIpc) is 1.49. The number of carbonyl (C=O) groups excluding carboxylic acids is 1. The molecule has 0 amide bonds. The van der Waals surface area contributed by atoms with Gasteiger partial charge in [0.25, 0.3) is 0 Å². The van der Waals surface area contributed by atoms with Crippen molar-refractivity contribution in [1.29, 1.82) is 0 Å². The lowest BCUT2D eigenvalue weighted by Gasteiger charge is -2.32. The Bertz CT molecular complexity index is 6640. The zero-order valence-corrected chi connectivity index (χ0v) is 76.6. The Kier molecular flexibility index (Phi) is 33.3. The van der Waals surface area contributed by atoms with Gasteiger partial charge in [-0.1, -0.05) is 121 Å². The largest absolute Gasteiger partial charge is 0.480 e. The van der Waals surface area contributed by atoms with Crippen LogP contribution in [0.5, 0.6) is 0 Å². The van der Waals surface area contributed by atoms with Crippen LogP contribution in [0.3, 0.4) is 0 Å². The predicted octanol–water partition coefficient (Wildman–Crippen LogP) is 9.58. The third kappa shape index (κ3) is 28.6. The number of benzene rings is 8. The molecular formula is C87H101F7N20O13S4. The molecule has 0 bridgehead atoms. The number of rotatable bonds is 30. The van der Waals surface area contributed by atoms with Crippen molar-refractivity contribution in [3.05, 3.63) is 283 Å². The number of aryl methyl sites for hydroxylation is 6. The molecular weight excluding hydrogens is 1790 g/mol. The quantitative estimate of drug-likeness (QED) is 0.0180. The van der Waals surface area contributed by atoms with E-state index in [1.165, 1.54) is 78.0 Å². The van der Waals surface area contributed by atoms with Crippen LogP contribution in [0, 0.1) is 70.7 Å². The Morgan fingerprint density at radius 1 is 0.504 bits per heavy atom. The van der Waals surface area contributed by atoms with E-state index in [1.807, 2.05) is 120 Å². The molecule has 2 unspecified atom stereocenters. The number of hydrogen-bond donors (Lipinski definition) is 6. The highest BCUT2D eigenvalue weighted by atomic mass is 32.2. The zero-order chi connectivity index (χ0) is 96.1. The lowest BCUT2D eigenvalue weighted by atomic mass is 10.0. The summed E-state index contributed by atoms with van der Waals surface area (Å²) in [7, 11) is -13.1. The highest BCUT2D eigenvalue weighted by Crippen LogP contribution is 2.29. The number of aromatic nitrogens is 12. The molecule has 5 heterocycles. The van der Waals surface area contributed by atoms with E-state index in [-0.39, 0.29) is 100 Å². The molecule has 4 aromatic heterocycles. The van der Waals surface area contributed by atoms with Gasteiger partial charge in [0.2, 0.25) is 40.1 Å². The number of nitrogens with two attached hydrogens (primary N) is 5. The first-order valence-electron chi connectivity index (χ1n) is 40.6. The van der Waals surface area contributed by atoms with Crippen molar-refractivity contribution in [3.63, 3.8) is 0 Å². The highest BCUT2D eigenvalue weighted by Gasteiger charge is 2.31. The number of alkyl halides is 3. The van der Waals surface area contributed by atoms with Gasteiger partial charge < -0.3 is 20.3 Å². The summed E-state index contributed by atoms with van der Waals surface area (Å²) in [5, 5.41) is 46.9. The Balaban J connectivity index is 0.000000181. The molecule has 1 saturated heterocycles. The number of carboxylic acids is 1. The molecule has 0 spiro atoms. The first-order valence-corrected chi connectivity index (χ1v) is 46.7. The number of morpholine rings is 1. The summed E-state index contributed by atoms with van der Waals surface area (Å²) in [5.41, 5.74) is 16.1. The minimum atomic E-state index is -4.29. The molecule has 131 heavy (non-hydrogen) atoms. The van der Waals surface area contributed by atoms with Gasteiger partial charge in [0, 0.05) is 44.8 Å². The number of esters is 1. The van der Waals surface area contributed by atoms with Crippen LogP contribution >= 0.6 is 0 Å². The van der Waals surface area contributed by atoms with Crippen molar-refractivity contribution in [1.82, 2.24) is 73.8 Å². The molecule has 0 radical (unpaired) electrons. The minimum absolute atomic E-state index is 0.00897. The van der Waals surface area contributed by atoms with Gasteiger partial charge in [-0.15, -0.1) is 20.4 Å². The van der Waals surface area contributed by atoms with Crippen LogP contribution in [0.2, 0.25) is 0 Å². The summed E-state index contributed by atoms with van der Waals surface area (Å²) in [6, 6.07) is 40.2. The Morgan fingerprint density at radius 3 is 1.22 bits per heavy atom. The van der Waals surface area contributed by atoms with E-state index >= 15 is 4.39 Å². The first-order chi connectivity index (χ1) is 61.3. The van der Waals surface area contributed by atoms with Crippen molar-refractivity contribution in [2.24, 2.45) is 32.2 Å². The van der Waals surface area contributed by atoms with Crippen molar-refractivity contribution < 1.29 is 88.6 Å². The van der Waals surface area contributed by atoms with Gasteiger partial charge in [-0.25, -0.2) is 110 Å². The number of primary sulfonamides is 4. The smallest absolute Gasteiger partial charge is 0.390 e. The Labute approximate surface area is 753 Å². The van der Waals surface area contributed by atoms with E-state index in [4.69, 9.17) is 45.9 Å². The van der Waals surface area contributed by atoms with E-state index in [1.54, 1.807) is 20.9 Å². The van der Waals surface area contributed by atoms with Crippen LogP contribution in [0.15, 0.2) is 177 Å². The fraction of sp³-hybridized carbons (Fsp3) is 0.333. The monoisotopic (exact) mass is 1890 g/mol. The van der Waals surface area contributed by atoms with E-state index < -0.39 is 98.8 Å². The first kappa shape index (κ1) is 101. The summed E-state index contributed by atoms with van der Waals surface area (Å²) in [6.07, 6.45) is -3.88. The average molecular weight is 1900 g/mol. The van der Waals surface area contributed by atoms with Crippen LogP contribution < -0.4 is 26.3 Å². The second kappa shape index (κ2) is 43.1. The molecule has 2 atom stereocenters. The normalized spacial score (nSPS) is 13.6. The molecule has 0 aliphatic carbocycles. The summed E-state index contributed by atoms with van der Waals surface area (Å²) in [4.78, 5) is 45.0. The molecule has 12 aromatic rings. The molecule has 33 nitrogen and oxygen atoms in total. The topological polar surface area (TPSA) is 472 Å². The Hall–Kier alpha value is -11.8. The van der Waals surface area contributed by atoms with Crippen molar-refractivity contribution in [3.8, 4) is 22.7 Å². The van der Waals surface area contributed by atoms with Crippen LogP contribution in [-0.2, 0) is 111 Å². The maximum absolute atomic E-state index is 15.0. The summed E-state index contributed by atoms with van der Waals surface area (Å²) < 4.78 is 206. The number of nitrogens with zero attached hydrogens (tertiary/aromatic N) is 15. The number of carbonyl (C=O) groups is 2. The predicted molar refractivity (Wildman–Crippen MR) is 470 cm³/mol. The van der Waals surface area contributed by atoms with Crippen LogP contribution in [0.1, 0.15) is 129 Å². The van der Waals surface area contributed by atoms with Gasteiger partial charge in [0.05, 0.1) is 65.4 Å². The van der Waals surface area contributed by atoms with E-state index in [0.29, 0.717) is 74.0 Å². The number of carboxylic acid groups (broad SMARTS) is 1. The van der Waals surface area contributed by atoms with E-state index in [9.17, 15) is 69.6 Å². The zero-order valence-electron chi connectivity index (χ0n) is 73.4. The molecule has 8 aromatic carbocycles. The van der Waals surface area contributed by atoms with Gasteiger partial charge in [-0.05, 0) is 175 Å². The molecule has 13 rings (SSSR count). The second-order valence-corrected chi connectivity index (χ2v) is 38.3. The molecule has 1 aliphatic heterocycles.